The van der Waals surface area contributed by atoms with E-state index in [0.717, 1.165) is 29.8 Å². The van der Waals surface area contributed by atoms with E-state index in [1.807, 2.05) is 61.0 Å². The fourth-order valence-corrected chi connectivity index (χ4v) is 4.48. The van der Waals surface area contributed by atoms with Gasteiger partial charge in [-0.1, -0.05) is 42.5 Å². The van der Waals surface area contributed by atoms with Crippen LogP contribution in [0.1, 0.15) is 53.6 Å². The lowest BCUT2D eigenvalue weighted by atomic mass is 10.1. The first-order valence-corrected chi connectivity index (χ1v) is 11.8. The van der Waals surface area contributed by atoms with Gasteiger partial charge in [0.1, 0.15) is 5.82 Å². The Kier molecular flexibility index (Phi) is 6.01. The summed E-state index contributed by atoms with van der Waals surface area (Å²) in [5.74, 6) is 0.642. The first-order chi connectivity index (χ1) is 16.5. The predicted molar refractivity (Wildman–Crippen MR) is 132 cm³/mol. The fourth-order valence-electron chi connectivity index (χ4n) is 4.48. The van der Waals surface area contributed by atoms with Gasteiger partial charge in [-0.25, -0.2) is 4.98 Å². The number of amides is 1. The molecule has 1 saturated carbocycles. The summed E-state index contributed by atoms with van der Waals surface area (Å²) in [6, 6.07) is 17.9. The Labute approximate surface area is 198 Å². The molecule has 1 N–H and O–H groups in total. The maximum Gasteiger partial charge on any atom is 0.261 e. The molecular formula is C27H29N5O2. The lowest BCUT2D eigenvalue weighted by Gasteiger charge is -2.13. The molecule has 1 fully saturated rings. The second-order valence-electron chi connectivity index (χ2n) is 9.02. The average Bonchev–Trinajstić information content (AvgIpc) is 3.64. The quantitative estimate of drug-likeness (QED) is 0.438. The van der Waals surface area contributed by atoms with Crippen LogP contribution in [0.2, 0.25) is 0 Å². The van der Waals surface area contributed by atoms with E-state index in [1.54, 1.807) is 4.57 Å². The average molecular weight is 456 g/mol. The van der Waals surface area contributed by atoms with Crippen LogP contribution in [0.5, 0.6) is 0 Å². The smallest absolute Gasteiger partial charge is 0.261 e. The first kappa shape index (κ1) is 22.1. The Morgan fingerprint density at radius 3 is 2.56 bits per heavy atom. The standard InChI is InChI=1S/C27H29N5O2/c1-18-23(19(2)31(30-18)17-20-8-4-3-5-9-20)16-28-26(33)15-14-25-29-24-11-7-6-10-22(24)27(34)32(25)21-12-13-21/h3-11,21H,12-17H2,1-2H3,(H,28,33). The summed E-state index contributed by atoms with van der Waals surface area (Å²) in [7, 11) is 0. The van der Waals surface area contributed by atoms with E-state index < -0.39 is 0 Å². The molecule has 2 aromatic heterocycles. The fraction of sp³-hybridized carbons (Fsp3) is 0.333. The Morgan fingerprint density at radius 1 is 1.06 bits per heavy atom. The second-order valence-corrected chi connectivity index (χ2v) is 9.02. The molecule has 1 aliphatic carbocycles. The van der Waals surface area contributed by atoms with Gasteiger partial charge in [-0.3, -0.25) is 18.8 Å². The molecule has 0 radical (unpaired) electrons. The number of benzene rings is 2. The van der Waals surface area contributed by atoms with Gasteiger partial charge in [0.05, 0.1) is 23.1 Å². The van der Waals surface area contributed by atoms with E-state index in [1.165, 1.54) is 5.56 Å². The van der Waals surface area contributed by atoms with Crippen LogP contribution in [-0.4, -0.2) is 25.2 Å². The van der Waals surface area contributed by atoms with Crippen LogP contribution in [0.4, 0.5) is 0 Å². The van der Waals surface area contributed by atoms with Crippen LogP contribution in [0.15, 0.2) is 59.4 Å². The molecule has 7 heteroatoms. The van der Waals surface area contributed by atoms with E-state index in [9.17, 15) is 9.59 Å². The van der Waals surface area contributed by atoms with Gasteiger partial charge in [-0.2, -0.15) is 5.10 Å². The minimum absolute atomic E-state index is 0.000544. The molecule has 174 valence electrons. The van der Waals surface area contributed by atoms with Crippen molar-refractivity contribution in [2.75, 3.05) is 0 Å². The van der Waals surface area contributed by atoms with Crippen molar-refractivity contribution in [3.8, 4) is 0 Å². The highest BCUT2D eigenvalue weighted by Gasteiger charge is 2.28. The summed E-state index contributed by atoms with van der Waals surface area (Å²) in [6.07, 6.45) is 2.71. The predicted octanol–water partition coefficient (Wildman–Crippen LogP) is 3.84. The molecule has 1 amide bonds. The van der Waals surface area contributed by atoms with Crippen molar-refractivity contribution >= 4 is 16.8 Å². The van der Waals surface area contributed by atoms with Crippen LogP contribution in [0, 0.1) is 13.8 Å². The minimum atomic E-state index is -0.0561. The van der Waals surface area contributed by atoms with Crippen molar-refractivity contribution < 1.29 is 4.79 Å². The lowest BCUT2D eigenvalue weighted by molar-refractivity contribution is -0.121. The van der Waals surface area contributed by atoms with Crippen molar-refractivity contribution in [1.29, 1.82) is 0 Å². The third-order valence-electron chi connectivity index (χ3n) is 6.54. The molecule has 5 rings (SSSR count). The van der Waals surface area contributed by atoms with Gasteiger partial charge in [-0.15, -0.1) is 0 Å². The number of carbonyl (C=O) groups is 1. The number of nitrogens with one attached hydrogen (secondary N) is 1. The van der Waals surface area contributed by atoms with E-state index in [0.29, 0.717) is 36.2 Å². The summed E-state index contributed by atoms with van der Waals surface area (Å²) in [5, 5.41) is 8.35. The number of hydrogen-bond donors (Lipinski definition) is 1. The zero-order valence-electron chi connectivity index (χ0n) is 19.6. The van der Waals surface area contributed by atoms with Gasteiger partial charge >= 0.3 is 0 Å². The molecule has 0 unspecified atom stereocenters. The molecule has 2 aromatic carbocycles. The summed E-state index contributed by atoms with van der Waals surface area (Å²) in [6.45, 7) is 5.15. The molecule has 0 saturated heterocycles. The van der Waals surface area contributed by atoms with Crippen molar-refractivity contribution in [1.82, 2.24) is 24.6 Å². The molecule has 1 aliphatic rings. The molecule has 0 aliphatic heterocycles. The van der Waals surface area contributed by atoms with Gasteiger partial charge < -0.3 is 5.32 Å². The zero-order chi connectivity index (χ0) is 23.7. The summed E-state index contributed by atoms with van der Waals surface area (Å²) >= 11 is 0. The zero-order valence-corrected chi connectivity index (χ0v) is 19.6. The third kappa shape index (κ3) is 4.51. The number of aromatic nitrogens is 4. The van der Waals surface area contributed by atoms with E-state index in [2.05, 4.69) is 22.5 Å². The number of nitrogens with zero attached hydrogens (tertiary/aromatic N) is 4. The van der Waals surface area contributed by atoms with Crippen LogP contribution in [-0.2, 0) is 24.3 Å². The van der Waals surface area contributed by atoms with Crippen LogP contribution in [0.3, 0.4) is 0 Å². The second kappa shape index (κ2) is 9.25. The molecule has 0 spiro atoms. The number of carbonyl (C=O) groups excluding carboxylic acids is 1. The van der Waals surface area contributed by atoms with Crippen molar-refractivity contribution in [3.63, 3.8) is 0 Å². The number of aryl methyl sites for hydroxylation is 2. The Hall–Kier alpha value is -3.74. The normalized spacial score (nSPS) is 13.4. The Morgan fingerprint density at radius 2 is 1.79 bits per heavy atom. The largest absolute Gasteiger partial charge is 0.352 e. The van der Waals surface area contributed by atoms with Crippen LogP contribution in [0.25, 0.3) is 10.9 Å². The van der Waals surface area contributed by atoms with Gasteiger partial charge in [0.25, 0.3) is 5.56 Å². The van der Waals surface area contributed by atoms with Crippen molar-refractivity contribution in [2.24, 2.45) is 0 Å². The number of para-hydroxylation sites is 1. The first-order valence-electron chi connectivity index (χ1n) is 11.8. The molecule has 2 heterocycles. The van der Waals surface area contributed by atoms with Crippen LogP contribution < -0.4 is 10.9 Å². The Bertz CT molecular complexity index is 1400. The number of hydrogen-bond acceptors (Lipinski definition) is 4. The Balaban J connectivity index is 1.25. The summed E-state index contributed by atoms with van der Waals surface area (Å²) in [5.41, 5.74) is 4.90. The third-order valence-corrected chi connectivity index (χ3v) is 6.54. The molecule has 34 heavy (non-hydrogen) atoms. The maximum atomic E-state index is 13.0. The van der Waals surface area contributed by atoms with Crippen molar-refractivity contribution in [2.45, 2.75) is 58.7 Å². The maximum absolute atomic E-state index is 13.0. The number of fused-ring (bicyclic) bond motifs is 1. The summed E-state index contributed by atoms with van der Waals surface area (Å²) in [4.78, 5) is 30.4. The SMILES string of the molecule is Cc1nn(Cc2ccccc2)c(C)c1CNC(=O)CCc1nc2ccccc2c(=O)n1C1CC1. The van der Waals surface area contributed by atoms with E-state index in [-0.39, 0.29) is 23.9 Å². The topological polar surface area (TPSA) is 81.8 Å². The number of rotatable bonds is 8. The highest BCUT2D eigenvalue weighted by Crippen LogP contribution is 2.34. The summed E-state index contributed by atoms with van der Waals surface area (Å²) < 4.78 is 3.79. The van der Waals surface area contributed by atoms with Gasteiger partial charge in [0.15, 0.2) is 0 Å². The van der Waals surface area contributed by atoms with Crippen LogP contribution >= 0.6 is 0 Å². The monoisotopic (exact) mass is 455 g/mol. The molecule has 0 bridgehead atoms. The highest BCUT2D eigenvalue weighted by atomic mass is 16.1. The van der Waals surface area contributed by atoms with Crippen molar-refractivity contribution in [3.05, 3.63) is 93.3 Å². The van der Waals surface area contributed by atoms with Gasteiger partial charge in [0.2, 0.25) is 5.91 Å². The lowest BCUT2D eigenvalue weighted by Crippen LogP contribution is -2.27. The molecule has 0 atom stereocenters. The molecule has 4 aromatic rings. The van der Waals surface area contributed by atoms with E-state index in [4.69, 9.17) is 4.98 Å². The minimum Gasteiger partial charge on any atom is -0.352 e. The van der Waals surface area contributed by atoms with Gasteiger partial charge in [-0.05, 0) is 44.4 Å². The highest BCUT2D eigenvalue weighted by molar-refractivity contribution is 5.78. The molecule has 7 nitrogen and oxygen atoms in total. The van der Waals surface area contributed by atoms with E-state index >= 15 is 0 Å². The molecular weight excluding hydrogens is 426 g/mol. The van der Waals surface area contributed by atoms with Gasteiger partial charge in [0, 0.05) is 36.7 Å².